The molecule has 0 spiro atoms. The monoisotopic (exact) mass is 374 g/mol. The van der Waals surface area contributed by atoms with Crippen LogP contribution in [-0.2, 0) is 4.79 Å². The Kier molecular flexibility index (Phi) is 5.82. The zero-order chi connectivity index (χ0) is 16.9. The summed E-state index contributed by atoms with van der Waals surface area (Å²) >= 11 is 8.92. The maximum absolute atomic E-state index is 12.2. The van der Waals surface area contributed by atoms with Crippen molar-refractivity contribution in [3.05, 3.63) is 81.1 Å². The molecule has 0 fully saturated rings. The first-order valence-corrected chi connectivity index (χ1v) is 9.74. The number of benzene rings is 2. The van der Waals surface area contributed by atoms with Crippen molar-refractivity contribution in [3.63, 3.8) is 0 Å². The summed E-state index contributed by atoms with van der Waals surface area (Å²) in [4.78, 5) is 24.3. The molecule has 2 nitrogen and oxygen atoms in total. The van der Waals surface area contributed by atoms with E-state index in [2.05, 4.69) is 0 Å². The molecule has 2 aromatic rings. The van der Waals surface area contributed by atoms with Gasteiger partial charge in [-0.3, -0.25) is 9.59 Å². The first-order valence-electron chi connectivity index (χ1n) is 7.49. The third-order valence-electron chi connectivity index (χ3n) is 3.61. The van der Waals surface area contributed by atoms with E-state index in [4.69, 9.17) is 11.6 Å². The first kappa shape index (κ1) is 17.3. The van der Waals surface area contributed by atoms with Gasteiger partial charge < -0.3 is 0 Å². The SMILES string of the molecule is O=C1C=C(SCC(=O)c2ccc(Cl)cc2)S[C@H](c2ccccc2)C1. The van der Waals surface area contributed by atoms with Gasteiger partial charge in [-0.2, -0.15) is 0 Å². The average Bonchev–Trinajstić information content (AvgIpc) is 2.60. The number of rotatable bonds is 5. The van der Waals surface area contributed by atoms with Gasteiger partial charge in [0.05, 0.1) is 5.75 Å². The van der Waals surface area contributed by atoms with Crippen LogP contribution in [0.5, 0.6) is 0 Å². The minimum Gasteiger partial charge on any atom is -0.295 e. The number of hydrogen-bond acceptors (Lipinski definition) is 4. The van der Waals surface area contributed by atoms with Crippen molar-refractivity contribution in [3.8, 4) is 0 Å². The van der Waals surface area contributed by atoms with E-state index in [-0.39, 0.29) is 16.8 Å². The average molecular weight is 375 g/mol. The summed E-state index contributed by atoms with van der Waals surface area (Å²) in [7, 11) is 0. The number of thioether (sulfide) groups is 2. The van der Waals surface area contributed by atoms with Gasteiger partial charge in [0.25, 0.3) is 0 Å². The summed E-state index contributed by atoms with van der Waals surface area (Å²) in [5.74, 6) is 0.464. The minimum absolute atomic E-state index is 0.0347. The molecule has 3 rings (SSSR count). The van der Waals surface area contributed by atoms with Gasteiger partial charge in [-0.25, -0.2) is 0 Å². The number of carbonyl (C=O) groups excluding carboxylic acids is 2. The Labute approximate surface area is 154 Å². The Hall–Kier alpha value is -1.49. The third kappa shape index (κ3) is 4.53. The molecule has 122 valence electrons. The number of Topliss-reactive ketones (excluding diaryl/α,β-unsaturated/α-hetero) is 1. The van der Waals surface area contributed by atoms with Crippen molar-refractivity contribution in [2.45, 2.75) is 11.7 Å². The highest BCUT2D eigenvalue weighted by Crippen LogP contribution is 2.45. The van der Waals surface area contributed by atoms with E-state index in [1.165, 1.54) is 11.8 Å². The molecule has 1 heterocycles. The Bertz CT molecular complexity index is 770. The molecular weight excluding hydrogens is 360 g/mol. The van der Waals surface area contributed by atoms with Crippen LogP contribution in [0.15, 0.2) is 64.9 Å². The third-order valence-corrected chi connectivity index (χ3v) is 6.38. The van der Waals surface area contributed by atoms with E-state index in [0.29, 0.717) is 22.8 Å². The highest BCUT2D eigenvalue weighted by Gasteiger charge is 2.23. The summed E-state index contributed by atoms with van der Waals surface area (Å²) in [5, 5.41) is 0.734. The van der Waals surface area contributed by atoms with Gasteiger partial charge in [-0.15, -0.1) is 23.5 Å². The fourth-order valence-electron chi connectivity index (χ4n) is 2.37. The van der Waals surface area contributed by atoms with E-state index in [0.717, 1.165) is 9.80 Å². The molecule has 0 saturated heterocycles. The van der Waals surface area contributed by atoms with Gasteiger partial charge in [0.2, 0.25) is 0 Å². The molecule has 0 unspecified atom stereocenters. The molecule has 2 aromatic carbocycles. The van der Waals surface area contributed by atoms with Gasteiger partial charge in [0.1, 0.15) is 0 Å². The van der Waals surface area contributed by atoms with Gasteiger partial charge in [-0.05, 0) is 29.8 Å². The van der Waals surface area contributed by atoms with Crippen LogP contribution in [0.1, 0.15) is 27.6 Å². The molecule has 0 aromatic heterocycles. The van der Waals surface area contributed by atoms with Crippen LogP contribution in [0.3, 0.4) is 0 Å². The van der Waals surface area contributed by atoms with Crippen molar-refractivity contribution in [2.24, 2.45) is 0 Å². The van der Waals surface area contributed by atoms with Crippen molar-refractivity contribution >= 4 is 46.7 Å². The number of carbonyl (C=O) groups is 2. The molecule has 0 aliphatic carbocycles. The fraction of sp³-hybridized carbons (Fsp3) is 0.158. The van der Waals surface area contributed by atoms with E-state index >= 15 is 0 Å². The summed E-state index contributed by atoms with van der Waals surface area (Å²) in [6.45, 7) is 0. The lowest BCUT2D eigenvalue weighted by molar-refractivity contribution is -0.114. The lowest BCUT2D eigenvalue weighted by Gasteiger charge is -2.21. The van der Waals surface area contributed by atoms with E-state index < -0.39 is 0 Å². The van der Waals surface area contributed by atoms with Gasteiger partial charge >= 0.3 is 0 Å². The standard InChI is InChI=1S/C19H15ClO2S2/c20-15-8-6-13(7-9-15)17(22)12-23-19-11-16(21)10-18(24-19)14-4-2-1-3-5-14/h1-9,11,18H,10,12H2/t18-/m0/s1. The van der Waals surface area contributed by atoms with Crippen LogP contribution < -0.4 is 0 Å². The Morgan fingerprint density at radius 3 is 2.54 bits per heavy atom. The van der Waals surface area contributed by atoms with Crippen LogP contribution in [0.25, 0.3) is 0 Å². The maximum atomic E-state index is 12.2. The Balaban J connectivity index is 1.63. The van der Waals surface area contributed by atoms with Crippen LogP contribution >= 0.6 is 35.1 Å². The summed E-state index contributed by atoms with van der Waals surface area (Å²) in [6, 6.07) is 16.9. The van der Waals surface area contributed by atoms with Gasteiger partial charge in [0, 0.05) is 32.6 Å². The Morgan fingerprint density at radius 1 is 1.12 bits per heavy atom. The van der Waals surface area contributed by atoms with Crippen molar-refractivity contribution in [1.82, 2.24) is 0 Å². The number of halogens is 1. The smallest absolute Gasteiger partial charge is 0.173 e. The normalized spacial score (nSPS) is 17.5. The van der Waals surface area contributed by atoms with E-state index in [1.54, 1.807) is 42.1 Å². The number of hydrogen-bond donors (Lipinski definition) is 0. The largest absolute Gasteiger partial charge is 0.295 e. The summed E-state index contributed by atoms with van der Waals surface area (Å²) in [5.41, 5.74) is 1.78. The molecule has 1 aliphatic rings. The molecule has 0 saturated carbocycles. The molecular formula is C19H15ClO2S2. The molecule has 0 N–H and O–H groups in total. The van der Waals surface area contributed by atoms with Crippen molar-refractivity contribution in [1.29, 1.82) is 0 Å². The van der Waals surface area contributed by atoms with E-state index in [1.807, 2.05) is 30.3 Å². The summed E-state index contributed by atoms with van der Waals surface area (Å²) < 4.78 is 0.905. The zero-order valence-electron chi connectivity index (χ0n) is 12.8. The molecule has 1 aliphatic heterocycles. The first-order chi connectivity index (χ1) is 11.6. The second-order valence-corrected chi connectivity index (χ2v) is 8.33. The fourth-order valence-corrected chi connectivity index (χ4v) is 4.97. The van der Waals surface area contributed by atoms with Gasteiger partial charge in [-0.1, -0.05) is 41.9 Å². The molecule has 5 heteroatoms. The lowest BCUT2D eigenvalue weighted by atomic mass is 10.1. The van der Waals surface area contributed by atoms with Crippen LogP contribution in [-0.4, -0.2) is 17.3 Å². The molecule has 0 bridgehead atoms. The minimum atomic E-state index is 0.0347. The molecule has 1 atom stereocenters. The van der Waals surface area contributed by atoms with Crippen molar-refractivity contribution < 1.29 is 9.59 Å². The number of allylic oxidation sites excluding steroid dienone is 1. The number of ketones is 2. The van der Waals surface area contributed by atoms with Crippen molar-refractivity contribution in [2.75, 3.05) is 5.75 Å². The van der Waals surface area contributed by atoms with Crippen LogP contribution in [0.2, 0.25) is 5.02 Å². The lowest BCUT2D eigenvalue weighted by Crippen LogP contribution is -2.08. The van der Waals surface area contributed by atoms with Gasteiger partial charge in [0.15, 0.2) is 11.6 Å². The molecule has 0 radical (unpaired) electrons. The Morgan fingerprint density at radius 2 is 1.83 bits per heavy atom. The van der Waals surface area contributed by atoms with Crippen LogP contribution in [0, 0.1) is 0 Å². The predicted molar refractivity (Wildman–Crippen MR) is 103 cm³/mol. The second kappa shape index (κ2) is 8.06. The quantitative estimate of drug-likeness (QED) is 0.643. The molecule has 0 amide bonds. The van der Waals surface area contributed by atoms with Crippen LogP contribution in [0.4, 0.5) is 0 Å². The summed E-state index contributed by atoms with van der Waals surface area (Å²) in [6.07, 6.45) is 2.16. The predicted octanol–water partition coefficient (Wildman–Crippen LogP) is 5.54. The highest BCUT2D eigenvalue weighted by atomic mass is 35.5. The highest BCUT2D eigenvalue weighted by molar-refractivity contribution is 8.22. The molecule has 24 heavy (non-hydrogen) atoms. The second-order valence-electron chi connectivity index (χ2n) is 5.37. The topological polar surface area (TPSA) is 34.1 Å². The van der Waals surface area contributed by atoms with E-state index in [9.17, 15) is 9.59 Å². The zero-order valence-corrected chi connectivity index (χ0v) is 15.2. The maximum Gasteiger partial charge on any atom is 0.173 e.